The highest BCUT2D eigenvalue weighted by Gasteiger charge is 2.15. The predicted octanol–water partition coefficient (Wildman–Crippen LogP) is 3.92. The first-order valence-electron chi connectivity index (χ1n) is 8.32. The van der Waals surface area contributed by atoms with Crippen LogP contribution < -0.4 is 5.32 Å². The minimum atomic E-state index is 0.600. The summed E-state index contributed by atoms with van der Waals surface area (Å²) in [6.45, 7) is 9.84. The van der Waals surface area contributed by atoms with Crippen LogP contribution in [-0.2, 0) is 13.5 Å². The minimum absolute atomic E-state index is 0.600. The molecule has 0 saturated heterocycles. The van der Waals surface area contributed by atoms with Gasteiger partial charge >= 0.3 is 0 Å². The van der Waals surface area contributed by atoms with Crippen molar-refractivity contribution in [3.05, 3.63) is 17.0 Å². The molecule has 20 heavy (non-hydrogen) atoms. The van der Waals surface area contributed by atoms with E-state index in [-0.39, 0.29) is 0 Å². The maximum absolute atomic E-state index is 4.53. The summed E-state index contributed by atoms with van der Waals surface area (Å²) in [6.07, 6.45) is 9.22. The van der Waals surface area contributed by atoms with Crippen molar-refractivity contribution in [2.45, 2.75) is 78.7 Å². The largest absolute Gasteiger partial charge is 0.314 e. The second-order valence-electron chi connectivity index (χ2n) is 5.93. The third-order valence-corrected chi connectivity index (χ3v) is 4.26. The summed E-state index contributed by atoms with van der Waals surface area (Å²) in [5.41, 5.74) is 3.95. The van der Waals surface area contributed by atoms with Crippen LogP contribution in [-0.4, -0.2) is 22.4 Å². The smallest absolute Gasteiger partial charge is 0.0628 e. The summed E-state index contributed by atoms with van der Waals surface area (Å²) in [5.74, 6) is 0. The highest BCUT2D eigenvalue weighted by molar-refractivity contribution is 5.25. The van der Waals surface area contributed by atoms with Gasteiger partial charge in [-0.2, -0.15) is 5.10 Å². The molecule has 0 bridgehead atoms. The van der Waals surface area contributed by atoms with E-state index >= 15 is 0 Å². The summed E-state index contributed by atoms with van der Waals surface area (Å²) < 4.78 is 2.01. The molecule has 0 aliphatic heterocycles. The van der Waals surface area contributed by atoms with Gasteiger partial charge in [-0.05, 0) is 38.8 Å². The first-order chi connectivity index (χ1) is 9.60. The van der Waals surface area contributed by atoms with Gasteiger partial charge in [-0.3, -0.25) is 4.68 Å². The second-order valence-corrected chi connectivity index (χ2v) is 5.93. The first-order valence-corrected chi connectivity index (χ1v) is 8.32. The number of aryl methyl sites for hydroxylation is 2. The van der Waals surface area contributed by atoms with Crippen molar-refractivity contribution in [2.24, 2.45) is 7.05 Å². The standard InChI is InChI=1S/C17H33N3/c1-6-8-9-10-11-12-16(18-7-2)13-17-14(3)19-20(5)15(17)4/h16,18H,6-13H2,1-5H3. The molecule has 0 aliphatic rings. The molecule has 1 rings (SSSR count). The lowest BCUT2D eigenvalue weighted by Gasteiger charge is -2.18. The minimum Gasteiger partial charge on any atom is -0.314 e. The fourth-order valence-electron chi connectivity index (χ4n) is 2.92. The van der Waals surface area contributed by atoms with Crippen molar-refractivity contribution in [1.82, 2.24) is 15.1 Å². The summed E-state index contributed by atoms with van der Waals surface area (Å²) in [7, 11) is 2.04. The normalized spacial score (nSPS) is 12.8. The van der Waals surface area contributed by atoms with Crippen LogP contribution in [0.4, 0.5) is 0 Å². The molecular formula is C17H33N3. The van der Waals surface area contributed by atoms with Gasteiger partial charge in [0.1, 0.15) is 0 Å². The highest BCUT2D eigenvalue weighted by Crippen LogP contribution is 2.17. The van der Waals surface area contributed by atoms with Crippen LogP contribution in [0.5, 0.6) is 0 Å². The molecular weight excluding hydrogens is 246 g/mol. The number of unbranched alkanes of at least 4 members (excludes halogenated alkanes) is 4. The van der Waals surface area contributed by atoms with Crippen molar-refractivity contribution in [3.8, 4) is 0 Å². The number of aromatic nitrogens is 2. The van der Waals surface area contributed by atoms with Gasteiger partial charge in [-0.1, -0.05) is 46.0 Å². The van der Waals surface area contributed by atoms with E-state index in [1.165, 1.54) is 55.5 Å². The van der Waals surface area contributed by atoms with E-state index in [2.05, 4.69) is 38.1 Å². The number of hydrogen-bond acceptors (Lipinski definition) is 2. The summed E-state index contributed by atoms with van der Waals surface area (Å²) in [5, 5.41) is 8.18. The quantitative estimate of drug-likeness (QED) is 0.658. The van der Waals surface area contributed by atoms with Gasteiger partial charge in [0, 0.05) is 18.8 Å². The monoisotopic (exact) mass is 279 g/mol. The van der Waals surface area contributed by atoms with Crippen LogP contribution in [0.25, 0.3) is 0 Å². The zero-order valence-electron chi connectivity index (χ0n) is 14.1. The lowest BCUT2D eigenvalue weighted by Crippen LogP contribution is -2.31. The number of nitrogens with zero attached hydrogens (tertiary/aromatic N) is 2. The van der Waals surface area contributed by atoms with E-state index < -0.39 is 0 Å². The molecule has 116 valence electrons. The zero-order valence-corrected chi connectivity index (χ0v) is 14.1. The van der Waals surface area contributed by atoms with Gasteiger partial charge in [-0.15, -0.1) is 0 Å². The molecule has 0 aliphatic carbocycles. The molecule has 1 atom stereocenters. The van der Waals surface area contributed by atoms with Crippen molar-refractivity contribution >= 4 is 0 Å². The molecule has 0 aromatic carbocycles. The molecule has 1 unspecified atom stereocenters. The average molecular weight is 279 g/mol. The third-order valence-electron chi connectivity index (χ3n) is 4.26. The Kier molecular flexibility index (Phi) is 7.90. The van der Waals surface area contributed by atoms with Crippen molar-refractivity contribution in [1.29, 1.82) is 0 Å². The molecule has 0 spiro atoms. The second kappa shape index (κ2) is 9.17. The van der Waals surface area contributed by atoms with Gasteiger partial charge in [0.25, 0.3) is 0 Å². The lowest BCUT2D eigenvalue weighted by molar-refractivity contribution is 0.460. The molecule has 0 saturated carbocycles. The Hall–Kier alpha value is -0.830. The van der Waals surface area contributed by atoms with E-state index in [4.69, 9.17) is 0 Å². The van der Waals surface area contributed by atoms with Crippen LogP contribution in [0.15, 0.2) is 0 Å². The predicted molar refractivity (Wildman–Crippen MR) is 87.2 cm³/mol. The van der Waals surface area contributed by atoms with Gasteiger partial charge in [-0.25, -0.2) is 0 Å². The van der Waals surface area contributed by atoms with Crippen LogP contribution in [0.3, 0.4) is 0 Å². The van der Waals surface area contributed by atoms with Gasteiger partial charge in [0.15, 0.2) is 0 Å². The maximum atomic E-state index is 4.53. The van der Waals surface area contributed by atoms with Gasteiger partial charge in [0.05, 0.1) is 5.69 Å². The van der Waals surface area contributed by atoms with Crippen molar-refractivity contribution < 1.29 is 0 Å². The fraction of sp³-hybridized carbons (Fsp3) is 0.824. The Labute approximate surface area is 125 Å². The molecule has 0 radical (unpaired) electrons. The first kappa shape index (κ1) is 17.2. The van der Waals surface area contributed by atoms with E-state index in [9.17, 15) is 0 Å². The van der Waals surface area contributed by atoms with E-state index in [0.717, 1.165) is 13.0 Å². The van der Waals surface area contributed by atoms with Crippen LogP contribution in [0.1, 0.15) is 69.3 Å². The Morgan fingerprint density at radius 2 is 1.80 bits per heavy atom. The lowest BCUT2D eigenvalue weighted by atomic mass is 9.98. The average Bonchev–Trinajstić information content (AvgIpc) is 2.65. The zero-order chi connectivity index (χ0) is 15.0. The number of likely N-dealkylation sites (N-methyl/N-ethyl adjacent to an activating group) is 1. The van der Waals surface area contributed by atoms with E-state index in [1.807, 2.05) is 11.7 Å². The molecule has 0 amide bonds. The van der Waals surface area contributed by atoms with Crippen LogP contribution in [0, 0.1) is 13.8 Å². The number of rotatable bonds is 10. The Bertz CT molecular complexity index is 382. The summed E-state index contributed by atoms with van der Waals surface area (Å²) in [4.78, 5) is 0. The van der Waals surface area contributed by atoms with Gasteiger partial charge < -0.3 is 5.32 Å². The van der Waals surface area contributed by atoms with Crippen LogP contribution in [0.2, 0.25) is 0 Å². The summed E-state index contributed by atoms with van der Waals surface area (Å²) in [6, 6.07) is 0.600. The Morgan fingerprint density at radius 3 is 2.35 bits per heavy atom. The number of nitrogens with one attached hydrogen (secondary N) is 1. The molecule has 1 aromatic heterocycles. The van der Waals surface area contributed by atoms with E-state index in [0.29, 0.717) is 6.04 Å². The number of hydrogen-bond donors (Lipinski definition) is 1. The molecule has 3 nitrogen and oxygen atoms in total. The molecule has 1 heterocycles. The highest BCUT2D eigenvalue weighted by atomic mass is 15.3. The SMILES string of the molecule is CCCCCCCC(Cc1c(C)nn(C)c1C)NCC. The van der Waals surface area contributed by atoms with Gasteiger partial charge in [0.2, 0.25) is 0 Å². The van der Waals surface area contributed by atoms with Crippen molar-refractivity contribution in [2.75, 3.05) is 6.54 Å². The topological polar surface area (TPSA) is 29.9 Å². The molecule has 0 fully saturated rings. The molecule has 1 N–H and O–H groups in total. The fourth-order valence-corrected chi connectivity index (χ4v) is 2.92. The Morgan fingerprint density at radius 1 is 1.10 bits per heavy atom. The maximum Gasteiger partial charge on any atom is 0.0628 e. The Balaban J connectivity index is 2.49. The summed E-state index contributed by atoms with van der Waals surface area (Å²) >= 11 is 0. The molecule has 1 aromatic rings. The van der Waals surface area contributed by atoms with E-state index in [1.54, 1.807) is 0 Å². The van der Waals surface area contributed by atoms with Crippen LogP contribution >= 0.6 is 0 Å². The van der Waals surface area contributed by atoms with Crippen molar-refractivity contribution in [3.63, 3.8) is 0 Å². The molecule has 3 heteroatoms. The third kappa shape index (κ3) is 5.28.